The van der Waals surface area contributed by atoms with E-state index in [4.69, 9.17) is 55.9 Å². The van der Waals surface area contributed by atoms with E-state index < -0.39 is 45.5 Å². The third-order valence-corrected chi connectivity index (χ3v) is 18.5. The molecule has 0 fully saturated rings. The fraction of sp³-hybridized carbons (Fsp3) is 0.125. The quantitative estimate of drug-likeness (QED) is 0.114. The third-order valence-electron chi connectivity index (χ3n) is 14.8. The minimum absolute atomic E-state index is 0.132. The van der Waals surface area contributed by atoms with E-state index in [2.05, 4.69) is 4.90 Å². The molecule has 0 spiro atoms. The molecule has 0 bridgehead atoms. The van der Waals surface area contributed by atoms with Gasteiger partial charge in [-0.15, -0.1) is 22.7 Å². The molecule has 0 N–H and O–H groups in total. The number of rotatable bonds is 12. The highest BCUT2D eigenvalue weighted by Crippen LogP contribution is 2.70. The zero-order valence-electron chi connectivity index (χ0n) is 42.2. The van der Waals surface area contributed by atoms with Crippen molar-refractivity contribution in [1.82, 2.24) is 0 Å². The van der Waals surface area contributed by atoms with Gasteiger partial charge in [0.2, 0.25) is 0 Å². The number of alkyl halides is 6. The van der Waals surface area contributed by atoms with Crippen molar-refractivity contribution >= 4 is 109 Å². The van der Waals surface area contributed by atoms with E-state index in [1.54, 1.807) is 97.1 Å². The average Bonchev–Trinajstić information content (AvgIpc) is 4.24. The van der Waals surface area contributed by atoms with Crippen molar-refractivity contribution in [2.45, 2.75) is 36.0 Å². The second-order valence-electron chi connectivity index (χ2n) is 19.4. The highest BCUT2D eigenvalue weighted by molar-refractivity contribution is 7.18. The van der Waals surface area contributed by atoms with E-state index in [0.29, 0.717) is 82.1 Å². The van der Waals surface area contributed by atoms with Gasteiger partial charge in [-0.25, -0.2) is 0 Å². The number of allylic oxidation sites excluding steroid dienone is 6. The zero-order chi connectivity index (χ0) is 55.9. The van der Waals surface area contributed by atoms with Gasteiger partial charge in [-0.1, -0.05) is 94.9 Å². The third kappa shape index (κ3) is 8.81. The van der Waals surface area contributed by atoms with Gasteiger partial charge in [0.05, 0.1) is 19.6 Å². The minimum atomic E-state index is -5.82. The number of benzene rings is 7. The molecule has 2 heterocycles. The second-order valence-corrected chi connectivity index (χ2v) is 23.3. The van der Waals surface area contributed by atoms with Gasteiger partial charge in [0.15, 0.2) is 0 Å². The number of hydrogen-bond acceptors (Lipinski definition) is 6. The van der Waals surface area contributed by atoms with E-state index in [1.165, 1.54) is 26.4 Å². The summed E-state index contributed by atoms with van der Waals surface area (Å²) in [7, 11) is 3.00. The van der Waals surface area contributed by atoms with Crippen LogP contribution in [0.25, 0.3) is 32.0 Å². The van der Waals surface area contributed by atoms with E-state index in [9.17, 15) is 0 Å². The first kappa shape index (κ1) is 53.7. The molecular weight excluding hydrogens is 1150 g/mol. The van der Waals surface area contributed by atoms with Crippen LogP contribution in [0.15, 0.2) is 205 Å². The number of anilines is 5. The van der Waals surface area contributed by atoms with Gasteiger partial charge in [0, 0.05) is 96.0 Å². The van der Waals surface area contributed by atoms with Crippen molar-refractivity contribution in [3.05, 3.63) is 252 Å². The Morgan fingerprint density at radius 2 is 0.775 bits per heavy atom. The predicted octanol–water partition coefficient (Wildman–Crippen LogP) is 21.1. The largest absolute Gasteiger partial charge is 0.497 e. The van der Waals surface area contributed by atoms with Crippen molar-refractivity contribution < 1.29 is 35.8 Å². The molecule has 0 saturated carbocycles. The number of thiophene rings is 2. The molecule has 3 aliphatic carbocycles. The highest BCUT2D eigenvalue weighted by atomic mass is 35.5. The summed E-state index contributed by atoms with van der Waals surface area (Å²) in [6.45, 7) is 0. The monoisotopic (exact) mass is 1190 g/mol. The van der Waals surface area contributed by atoms with Gasteiger partial charge < -0.3 is 19.3 Å². The lowest BCUT2D eigenvalue weighted by atomic mass is 9.70. The highest BCUT2D eigenvalue weighted by Gasteiger charge is 2.81. The Labute approximate surface area is 485 Å². The molecule has 4 nitrogen and oxygen atoms in total. The Balaban J connectivity index is 1.09. The number of fused-ring (bicyclic) bond motifs is 4. The van der Waals surface area contributed by atoms with Gasteiger partial charge in [-0.3, -0.25) is 0 Å². The Kier molecular flexibility index (Phi) is 13.8. The molecule has 7 aromatic carbocycles. The molecule has 3 aliphatic rings. The Morgan fingerprint density at radius 3 is 1.11 bits per heavy atom. The van der Waals surface area contributed by atoms with E-state index in [1.807, 2.05) is 89.8 Å². The minimum Gasteiger partial charge on any atom is -0.497 e. The molecule has 16 heteroatoms. The summed E-state index contributed by atoms with van der Waals surface area (Å²) < 4.78 is 113. The summed E-state index contributed by atoms with van der Waals surface area (Å²) in [4.78, 5) is 5.04. The van der Waals surface area contributed by atoms with Crippen molar-refractivity contribution in [3.63, 3.8) is 0 Å². The van der Waals surface area contributed by atoms with Crippen LogP contribution in [0.1, 0.15) is 44.8 Å². The summed E-state index contributed by atoms with van der Waals surface area (Å²) in [6, 6.07) is 53.0. The van der Waals surface area contributed by atoms with Crippen LogP contribution in [-0.2, 0) is 5.41 Å². The van der Waals surface area contributed by atoms with Gasteiger partial charge in [-0.2, -0.15) is 26.3 Å². The number of halogens is 10. The van der Waals surface area contributed by atoms with E-state index in [-0.39, 0.29) is 9.75 Å². The molecule has 0 saturated heterocycles. The molecule has 0 atom stereocenters. The lowest BCUT2D eigenvalue weighted by Crippen LogP contribution is -2.49. The van der Waals surface area contributed by atoms with Gasteiger partial charge in [-0.05, 0) is 181 Å². The topological polar surface area (TPSA) is 24.9 Å². The molecule has 402 valence electrons. The van der Waals surface area contributed by atoms with Crippen LogP contribution in [0.2, 0.25) is 15.1 Å². The summed E-state index contributed by atoms with van der Waals surface area (Å²) >= 11 is 27.5. The van der Waals surface area contributed by atoms with Crippen LogP contribution in [0.5, 0.6) is 11.5 Å². The first-order valence-corrected chi connectivity index (χ1v) is 28.2. The first-order chi connectivity index (χ1) is 38.4. The molecule has 0 aliphatic heterocycles. The lowest BCUT2D eigenvalue weighted by molar-refractivity contribution is -0.254. The maximum absolute atomic E-state index is 17.3. The Morgan fingerprint density at radius 1 is 0.425 bits per heavy atom. The summed E-state index contributed by atoms with van der Waals surface area (Å²) in [6.07, 6.45) is 5.04. The molecular formula is C64H42Cl4F6N2O2S2. The SMILES string of the molecule is COc1ccc(C2(c3ccc(OC)cc3)c3sc(-c4ccc(N(C5=CC=C(Cl)CC5)c5ccc(Cl)cc5)cc4)cc3C3=C(c4cc(-c5ccc(N(c6ccc(Cl)cc6)c6ccc(Cl)cc6)cc5)sc42)C(F)(F)C(F)(F)C3(F)F)cc1. The van der Waals surface area contributed by atoms with Crippen LogP contribution in [0.3, 0.4) is 0 Å². The zero-order valence-corrected chi connectivity index (χ0v) is 46.9. The van der Waals surface area contributed by atoms with Gasteiger partial charge in [0.25, 0.3) is 0 Å². The van der Waals surface area contributed by atoms with Crippen LogP contribution in [0.4, 0.5) is 54.8 Å². The number of nitrogens with zero attached hydrogens (tertiary/aromatic N) is 2. The molecule has 0 unspecified atom stereocenters. The molecule has 0 radical (unpaired) electrons. The molecule has 9 aromatic rings. The smallest absolute Gasteiger partial charge is 0.380 e. The standard InChI is InChI=1S/C64H42Cl4F6N2O2S2/c1-77-51-31-7-39(8-32-51)61(40-9-33-52(78-2)34-10-40)59-53(35-55(79-59)37-3-19-45(20-4-37)75(47-23-11-41(65)12-24-47)48-25-13-42(66)14-26-48)57-58(63(71,72)64(73,74)62(57,69)70)54-36-56(80-60(54)61)38-5-21-46(22-6-38)76(49-27-15-43(67)16-28-49)50-29-17-44(68)18-30-50/h3-17,19-29,31-36H,18,30H2,1-2H3. The fourth-order valence-electron chi connectivity index (χ4n) is 10.9. The van der Waals surface area contributed by atoms with Crippen molar-refractivity contribution in [2.75, 3.05) is 24.0 Å². The molecule has 2 aromatic heterocycles. The average molecular weight is 1190 g/mol. The maximum atomic E-state index is 17.3. The number of methoxy groups -OCH3 is 2. The lowest BCUT2D eigenvalue weighted by Gasteiger charge is -2.36. The molecule has 80 heavy (non-hydrogen) atoms. The Hall–Kier alpha value is -6.90. The van der Waals surface area contributed by atoms with Gasteiger partial charge in [0.1, 0.15) is 11.5 Å². The Bertz CT molecular complexity index is 3820. The summed E-state index contributed by atoms with van der Waals surface area (Å²) in [5.74, 6) is -15.6. The van der Waals surface area contributed by atoms with E-state index >= 15 is 26.3 Å². The second kappa shape index (κ2) is 20.6. The predicted molar refractivity (Wildman–Crippen MR) is 316 cm³/mol. The number of ether oxygens (including phenoxy) is 2. The van der Waals surface area contributed by atoms with Gasteiger partial charge >= 0.3 is 17.8 Å². The van der Waals surface area contributed by atoms with Crippen molar-refractivity contribution in [3.8, 4) is 32.4 Å². The van der Waals surface area contributed by atoms with Crippen LogP contribution >= 0.6 is 69.1 Å². The number of hydrogen-bond donors (Lipinski definition) is 0. The maximum Gasteiger partial charge on any atom is 0.380 e. The van der Waals surface area contributed by atoms with Crippen LogP contribution < -0.4 is 19.3 Å². The molecule has 12 rings (SSSR count). The molecule has 0 amide bonds. The summed E-state index contributed by atoms with van der Waals surface area (Å²) in [5, 5.41) is 2.34. The normalized spacial score (nSPS) is 16.4. The fourth-order valence-corrected chi connectivity index (χ4v) is 14.4. The first-order valence-electron chi connectivity index (χ1n) is 25.0. The van der Waals surface area contributed by atoms with Crippen molar-refractivity contribution in [2.24, 2.45) is 0 Å². The van der Waals surface area contributed by atoms with Crippen LogP contribution in [0, 0.1) is 0 Å². The summed E-state index contributed by atoms with van der Waals surface area (Å²) in [5.41, 5.74) is 1.33. The van der Waals surface area contributed by atoms with E-state index in [0.717, 1.165) is 51.1 Å². The van der Waals surface area contributed by atoms with Crippen molar-refractivity contribution in [1.29, 1.82) is 0 Å². The van der Waals surface area contributed by atoms with Crippen LogP contribution in [-0.4, -0.2) is 32.0 Å².